The van der Waals surface area contributed by atoms with Gasteiger partial charge in [0.2, 0.25) is 5.95 Å². The highest BCUT2D eigenvalue weighted by atomic mass is 16.6. The zero-order valence-electron chi connectivity index (χ0n) is 18.9. The van der Waals surface area contributed by atoms with Crippen LogP contribution in [0.1, 0.15) is 77.0 Å². The molecule has 3 aliphatic rings. The molecule has 1 aromatic heterocycles. The van der Waals surface area contributed by atoms with Crippen LogP contribution in [0.2, 0.25) is 0 Å². The Morgan fingerprint density at radius 2 is 1.97 bits per heavy atom. The third-order valence-corrected chi connectivity index (χ3v) is 6.05. The molecule has 0 radical (unpaired) electrons. The second kappa shape index (κ2) is 8.89. The maximum absolute atomic E-state index is 13.7. The van der Waals surface area contributed by atoms with Gasteiger partial charge in [-0.1, -0.05) is 31.4 Å². The summed E-state index contributed by atoms with van der Waals surface area (Å²) >= 11 is 0. The lowest BCUT2D eigenvalue weighted by molar-refractivity contribution is 0.0221. The molecule has 0 unspecified atom stereocenters. The van der Waals surface area contributed by atoms with E-state index < -0.39 is 5.60 Å². The van der Waals surface area contributed by atoms with Crippen LogP contribution >= 0.6 is 0 Å². The van der Waals surface area contributed by atoms with Crippen molar-refractivity contribution >= 4 is 17.7 Å². The molecule has 31 heavy (non-hydrogen) atoms. The minimum absolute atomic E-state index is 0.0885. The second-order valence-corrected chi connectivity index (χ2v) is 9.74. The first kappa shape index (κ1) is 21.7. The Morgan fingerprint density at radius 1 is 1.19 bits per heavy atom. The SMILES string of the molecule is CC(C)(C)OC(=O)N1CCc2nc(NC3CCCCC3)n(C3=CCCC=C3)c(=O)c2C1. The highest BCUT2D eigenvalue weighted by molar-refractivity contribution is 5.69. The first-order chi connectivity index (χ1) is 14.8. The maximum atomic E-state index is 13.7. The van der Waals surface area contributed by atoms with Gasteiger partial charge in [-0.2, -0.15) is 0 Å². The molecule has 0 bridgehead atoms. The number of anilines is 1. The molecule has 0 aromatic carbocycles. The first-order valence-corrected chi connectivity index (χ1v) is 11.6. The fourth-order valence-corrected chi connectivity index (χ4v) is 4.49. The summed E-state index contributed by atoms with van der Waals surface area (Å²) in [5, 5.41) is 3.57. The van der Waals surface area contributed by atoms with Gasteiger partial charge in [-0.05, 0) is 52.5 Å². The standard InChI is InChI=1S/C24H34N4O3/c1-24(2,3)31-23(30)27-15-14-20-19(16-27)21(29)28(18-12-8-5-9-13-18)22(26-20)25-17-10-6-4-7-11-17/h8,12-13,17H,4-7,9-11,14-16H2,1-3H3,(H,25,26). The molecular formula is C24H34N4O3. The van der Waals surface area contributed by atoms with Crippen molar-refractivity contribution in [2.45, 2.75) is 90.3 Å². The van der Waals surface area contributed by atoms with E-state index >= 15 is 0 Å². The van der Waals surface area contributed by atoms with Gasteiger partial charge in [0.1, 0.15) is 5.60 Å². The van der Waals surface area contributed by atoms with Gasteiger partial charge in [-0.25, -0.2) is 14.3 Å². The van der Waals surface area contributed by atoms with E-state index in [0.717, 1.165) is 37.1 Å². The van der Waals surface area contributed by atoms with Crippen molar-refractivity contribution < 1.29 is 9.53 Å². The van der Waals surface area contributed by atoms with Crippen LogP contribution in [0.25, 0.3) is 5.70 Å². The molecule has 1 N–H and O–H groups in total. The molecule has 168 valence electrons. The summed E-state index contributed by atoms with van der Waals surface area (Å²) in [4.78, 5) is 32.8. The smallest absolute Gasteiger partial charge is 0.410 e. The summed E-state index contributed by atoms with van der Waals surface area (Å²) in [7, 11) is 0. The fourth-order valence-electron chi connectivity index (χ4n) is 4.49. The Bertz CT molecular complexity index is 949. The number of carbonyl (C=O) groups is 1. The molecule has 1 aromatic rings. The van der Waals surface area contributed by atoms with Crippen LogP contribution in [0.15, 0.2) is 23.0 Å². The summed E-state index contributed by atoms with van der Waals surface area (Å²) in [5.74, 6) is 0.638. The van der Waals surface area contributed by atoms with E-state index in [0.29, 0.717) is 30.5 Å². The lowest BCUT2D eigenvalue weighted by Crippen LogP contribution is -2.43. The summed E-state index contributed by atoms with van der Waals surface area (Å²) < 4.78 is 7.24. The number of hydrogen-bond donors (Lipinski definition) is 1. The Balaban J connectivity index is 1.68. The lowest BCUT2D eigenvalue weighted by Gasteiger charge is -2.32. The Labute approximate surface area is 184 Å². The lowest BCUT2D eigenvalue weighted by atomic mass is 9.96. The van der Waals surface area contributed by atoms with E-state index in [1.54, 1.807) is 9.47 Å². The van der Waals surface area contributed by atoms with E-state index in [1.165, 1.54) is 19.3 Å². The third-order valence-electron chi connectivity index (χ3n) is 6.05. The molecule has 2 heterocycles. The van der Waals surface area contributed by atoms with Crippen LogP contribution in [0.3, 0.4) is 0 Å². The number of carbonyl (C=O) groups excluding carboxylic acids is 1. The number of rotatable bonds is 3. The summed E-state index contributed by atoms with van der Waals surface area (Å²) in [6.45, 7) is 6.29. The number of hydrogen-bond acceptors (Lipinski definition) is 5. The molecule has 1 saturated carbocycles. The molecule has 0 spiro atoms. The largest absolute Gasteiger partial charge is 0.444 e. The van der Waals surface area contributed by atoms with Crippen LogP contribution < -0.4 is 10.9 Å². The molecule has 4 rings (SSSR count). The zero-order valence-corrected chi connectivity index (χ0v) is 18.9. The van der Waals surface area contributed by atoms with Crippen molar-refractivity contribution in [3.63, 3.8) is 0 Å². The van der Waals surface area contributed by atoms with Crippen molar-refractivity contribution in [3.05, 3.63) is 39.8 Å². The molecule has 0 saturated heterocycles. The monoisotopic (exact) mass is 426 g/mol. The van der Waals surface area contributed by atoms with Crippen molar-refractivity contribution in [1.29, 1.82) is 0 Å². The average molecular weight is 427 g/mol. The fraction of sp³-hybridized carbons (Fsp3) is 0.625. The average Bonchev–Trinajstić information content (AvgIpc) is 2.74. The highest BCUT2D eigenvalue weighted by Gasteiger charge is 2.30. The van der Waals surface area contributed by atoms with Crippen molar-refractivity contribution in [2.24, 2.45) is 0 Å². The molecular weight excluding hydrogens is 392 g/mol. The van der Waals surface area contributed by atoms with Gasteiger partial charge in [0, 0.05) is 24.7 Å². The van der Waals surface area contributed by atoms with Gasteiger partial charge in [-0.15, -0.1) is 0 Å². The van der Waals surface area contributed by atoms with E-state index in [4.69, 9.17) is 9.72 Å². The van der Waals surface area contributed by atoms with Crippen LogP contribution in [-0.4, -0.2) is 38.7 Å². The van der Waals surface area contributed by atoms with Gasteiger partial charge in [0.25, 0.3) is 5.56 Å². The van der Waals surface area contributed by atoms with Gasteiger partial charge in [0.05, 0.1) is 17.8 Å². The van der Waals surface area contributed by atoms with Gasteiger partial charge in [0.15, 0.2) is 0 Å². The molecule has 1 fully saturated rings. The molecule has 7 heteroatoms. The van der Waals surface area contributed by atoms with Gasteiger partial charge in [-0.3, -0.25) is 4.79 Å². The van der Waals surface area contributed by atoms with E-state index in [1.807, 2.05) is 26.8 Å². The predicted octanol–water partition coefficient (Wildman–Crippen LogP) is 4.47. The molecule has 1 aliphatic heterocycles. The van der Waals surface area contributed by atoms with Crippen LogP contribution in [0, 0.1) is 0 Å². The third kappa shape index (κ3) is 5.02. The molecule has 1 amide bonds. The van der Waals surface area contributed by atoms with Crippen LogP contribution in [0.4, 0.5) is 10.7 Å². The Morgan fingerprint density at radius 3 is 2.65 bits per heavy atom. The summed E-state index contributed by atoms with van der Waals surface area (Å²) in [6, 6.07) is 0.347. The van der Waals surface area contributed by atoms with Crippen molar-refractivity contribution in [3.8, 4) is 0 Å². The van der Waals surface area contributed by atoms with Crippen LogP contribution in [-0.2, 0) is 17.7 Å². The quantitative estimate of drug-likeness (QED) is 0.772. The maximum Gasteiger partial charge on any atom is 0.410 e. The number of nitrogens with one attached hydrogen (secondary N) is 1. The van der Waals surface area contributed by atoms with Crippen LogP contribution in [0.5, 0.6) is 0 Å². The van der Waals surface area contributed by atoms with Gasteiger partial charge < -0.3 is 15.0 Å². The predicted molar refractivity (Wildman–Crippen MR) is 122 cm³/mol. The van der Waals surface area contributed by atoms with E-state index in [-0.39, 0.29) is 18.2 Å². The number of nitrogens with zero attached hydrogens (tertiary/aromatic N) is 3. The normalized spacial score (nSPS) is 19.6. The first-order valence-electron chi connectivity index (χ1n) is 11.6. The number of allylic oxidation sites excluding steroid dienone is 4. The minimum atomic E-state index is -0.568. The Hall–Kier alpha value is -2.57. The van der Waals surface area contributed by atoms with E-state index in [2.05, 4.69) is 17.5 Å². The number of fused-ring (bicyclic) bond motifs is 1. The second-order valence-electron chi connectivity index (χ2n) is 9.74. The number of ether oxygens (including phenoxy) is 1. The topological polar surface area (TPSA) is 76.5 Å². The summed E-state index contributed by atoms with van der Waals surface area (Å²) in [6.07, 6.45) is 14.1. The number of aromatic nitrogens is 2. The summed E-state index contributed by atoms with van der Waals surface area (Å²) in [5.41, 5.74) is 1.58. The Kier molecular flexibility index (Phi) is 6.21. The molecule has 7 nitrogen and oxygen atoms in total. The number of amides is 1. The van der Waals surface area contributed by atoms with Gasteiger partial charge >= 0.3 is 6.09 Å². The van der Waals surface area contributed by atoms with E-state index in [9.17, 15) is 9.59 Å². The van der Waals surface area contributed by atoms with Crippen molar-refractivity contribution in [2.75, 3.05) is 11.9 Å². The molecule has 2 aliphatic carbocycles. The molecule has 0 atom stereocenters. The minimum Gasteiger partial charge on any atom is -0.444 e. The van der Waals surface area contributed by atoms with Crippen molar-refractivity contribution in [1.82, 2.24) is 14.5 Å². The zero-order chi connectivity index (χ0) is 22.0. The highest BCUT2D eigenvalue weighted by Crippen LogP contribution is 2.26.